The molecule has 0 atom stereocenters. The molecule has 3 aromatic rings. The van der Waals surface area contributed by atoms with Gasteiger partial charge in [0.1, 0.15) is 0 Å². The third-order valence-corrected chi connectivity index (χ3v) is 4.86. The number of rotatable bonds is 3. The molecule has 8 heteroatoms. The molecule has 0 aliphatic carbocycles. The summed E-state index contributed by atoms with van der Waals surface area (Å²) in [5.41, 5.74) is 0. The van der Waals surface area contributed by atoms with Crippen molar-refractivity contribution in [2.45, 2.75) is 0 Å². The summed E-state index contributed by atoms with van der Waals surface area (Å²) in [5, 5.41) is 14.6. The SMILES string of the molecule is O=C(c1cccs1)N1CCN(c2ccc(-n3cccn3)nn2)CC1. The molecule has 0 aromatic carbocycles. The lowest BCUT2D eigenvalue weighted by Crippen LogP contribution is -2.49. The van der Waals surface area contributed by atoms with Crippen LogP contribution in [0.5, 0.6) is 0 Å². The second-order valence-electron chi connectivity index (χ2n) is 5.46. The van der Waals surface area contributed by atoms with E-state index in [4.69, 9.17) is 0 Å². The standard InChI is InChI=1S/C16H16N6OS/c23-16(13-3-1-12-24-13)21-10-8-20(9-11-21)14-4-5-15(19-18-14)22-7-2-6-17-22/h1-7,12H,8-11H2. The Balaban J connectivity index is 1.40. The third-order valence-electron chi connectivity index (χ3n) is 4.00. The van der Waals surface area contributed by atoms with Crippen molar-refractivity contribution >= 4 is 23.1 Å². The van der Waals surface area contributed by atoms with Gasteiger partial charge in [-0.1, -0.05) is 6.07 Å². The number of hydrogen-bond donors (Lipinski definition) is 0. The maximum Gasteiger partial charge on any atom is 0.264 e. The van der Waals surface area contributed by atoms with Gasteiger partial charge in [-0.25, -0.2) is 4.68 Å². The van der Waals surface area contributed by atoms with Crippen molar-refractivity contribution in [3.63, 3.8) is 0 Å². The van der Waals surface area contributed by atoms with E-state index in [-0.39, 0.29) is 5.91 Å². The molecule has 7 nitrogen and oxygen atoms in total. The van der Waals surface area contributed by atoms with Crippen molar-refractivity contribution in [1.29, 1.82) is 0 Å². The molecule has 0 radical (unpaired) electrons. The molecule has 0 spiro atoms. The number of aromatic nitrogens is 4. The zero-order valence-corrected chi connectivity index (χ0v) is 13.8. The Kier molecular flexibility index (Phi) is 3.96. The number of amides is 1. The maximum absolute atomic E-state index is 12.4. The summed E-state index contributed by atoms with van der Waals surface area (Å²) in [6.45, 7) is 2.90. The summed E-state index contributed by atoms with van der Waals surface area (Å²) in [4.78, 5) is 17.2. The van der Waals surface area contributed by atoms with Crippen molar-refractivity contribution in [2.24, 2.45) is 0 Å². The number of hydrogen-bond acceptors (Lipinski definition) is 6. The fraction of sp³-hybridized carbons (Fsp3) is 0.250. The Morgan fingerprint density at radius 2 is 1.79 bits per heavy atom. The van der Waals surface area contributed by atoms with E-state index in [0.29, 0.717) is 18.9 Å². The molecule has 4 heterocycles. The molecule has 122 valence electrons. The van der Waals surface area contributed by atoms with Crippen molar-refractivity contribution in [3.05, 3.63) is 53.0 Å². The van der Waals surface area contributed by atoms with E-state index in [9.17, 15) is 4.79 Å². The Morgan fingerprint density at radius 3 is 2.42 bits per heavy atom. The van der Waals surface area contributed by atoms with E-state index in [1.807, 2.05) is 46.8 Å². The van der Waals surface area contributed by atoms with Crippen molar-refractivity contribution in [2.75, 3.05) is 31.1 Å². The monoisotopic (exact) mass is 340 g/mol. The average molecular weight is 340 g/mol. The van der Waals surface area contributed by atoms with Gasteiger partial charge in [-0.05, 0) is 29.6 Å². The van der Waals surface area contributed by atoms with Crippen LogP contribution >= 0.6 is 11.3 Å². The number of nitrogens with zero attached hydrogens (tertiary/aromatic N) is 6. The van der Waals surface area contributed by atoms with E-state index in [2.05, 4.69) is 20.2 Å². The van der Waals surface area contributed by atoms with E-state index >= 15 is 0 Å². The number of carbonyl (C=O) groups is 1. The van der Waals surface area contributed by atoms with Crippen LogP contribution in [0.15, 0.2) is 48.1 Å². The normalized spacial score (nSPS) is 14.8. The fourth-order valence-electron chi connectivity index (χ4n) is 2.71. The van der Waals surface area contributed by atoms with Crippen LogP contribution in [0, 0.1) is 0 Å². The lowest BCUT2D eigenvalue weighted by molar-refractivity contribution is 0.0751. The highest BCUT2D eigenvalue weighted by Gasteiger charge is 2.23. The molecule has 0 saturated carbocycles. The van der Waals surface area contributed by atoms with Gasteiger partial charge in [-0.2, -0.15) is 5.10 Å². The zero-order chi connectivity index (χ0) is 16.4. The van der Waals surface area contributed by atoms with Gasteiger partial charge in [-0.15, -0.1) is 21.5 Å². The second-order valence-corrected chi connectivity index (χ2v) is 6.40. The van der Waals surface area contributed by atoms with Gasteiger partial charge >= 0.3 is 0 Å². The van der Waals surface area contributed by atoms with Crippen LogP contribution in [-0.2, 0) is 0 Å². The van der Waals surface area contributed by atoms with Crippen LogP contribution in [0.4, 0.5) is 5.82 Å². The summed E-state index contributed by atoms with van der Waals surface area (Å²) in [6, 6.07) is 9.47. The number of thiophene rings is 1. The van der Waals surface area contributed by atoms with Crippen LogP contribution in [-0.4, -0.2) is 57.0 Å². The van der Waals surface area contributed by atoms with E-state index in [1.165, 1.54) is 11.3 Å². The van der Waals surface area contributed by atoms with E-state index in [0.717, 1.165) is 23.8 Å². The number of anilines is 1. The molecule has 1 amide bonds. The Labute approximate surface area is 143 Å². The van der Waals surface area contributed by atoms with Gasteiger partial charge < -0.3 is 9.80 Å². The van der Waals surface area contributed by atoms with Crippen LogP contribution in [0.3, 0.4) is 0 Å². The van der Waals surface area contributed by atoms with Gasteiger partial charge in [-0.3, -0.25) is 4.79 Å². The minimum Gasteiger partial charge on any atom is -0.352 e. The highest BCUT2D eigenvalue weighted by Crippen LogP contribution is 2.17. The van der Waals surface area contributed by atoms with Gasteiger partial charge in [0.15, 0.2) is 11.6 Å². The first kappa shape index (κ1) is 14.8. The van der Waals surface area contributed by atoms with Gasteiger partial charge in [0.25, 0.3) is 5.91 Å². The molecule has 1 aliphatic heterocycles. The first-order valence-corrected chi connectivity index (χ1v) is 8.61. The number of carbonyl (C=O) groups excluding carboxylic acids is 1. The molecule has 0 N–H and O–H groups in total. The predicted molar refractivity (Wildman–Crippen MR) is 91.6 cm³/mol. The summed E-state index contributed by atoms with van der Waals surface area (Å²) in [7, 11) is 0. The quantitative estimate of drug-likeness (QED) is 0.726. The lowest BCUT2D eigenvalue weighted by atomic mass is 10.3. The molecular weight excluding hydrogens is 324 g/mol. The Hall–Kier alpha value is -2.74. The molecule has 1 saturated heterocycles. The predicted octanol–water partition coefficient (Wildman–Crippen LogP) is 1.69. The van der Waals surface area contributed by atoms with E-state index < -0.39 is 0 Å². The molecule has 1 fully saturated rings. The van der Waals surface area contributed by atoms with Crippen LogP contribution in [0.1, 0.15) is 9.67 Å². The van der Waals surface area contributed by atoms with Crippen LogP contribution < -0.4 is 4.90 Å². The molecule has 0 bridgehead atoms. The fourth-order valence-corrected chi connectivity index (χ4v) is 3.40. The van der Waals surface area contributed by atoms with Gasteiger partial charge in [0.2, 0.25) is 0 Å². The van der Waals surface area contributed by atoms with Crippen molar-refractivity contribution < 1.29 is 4.79 Å². The molecular formula is C16H16N6OS. The summed E-state index contributed by atoms with van der Waals surface area (Å²) < 4.78 is 1.68. The first-order chi connectivity index (χ1) is 11.8. The minimum atomic E-state index is 0.116. The highest BCUT2D eigenvalue weighted by atomic mass is 32.1. The molecule has 24 heavy (non-hydrogen) atoms. The number of piperazine rings is 1. The topological polar surface area (TPSA) is 67.2 Å². The third kappa shape index (κ3) is 2.88. The highest BCUT2D eigenvalue weighted by molar-refractivity contribution is 7.12. The first-order valence-electron chi connectivity index (χ1n) is 7.73. The van der Waals surface area contributed by atoms with Crippen molar-refractivity contribution in [3.8, 4) is 5.82 Å². The Bertz CT molecular complexity index is 792. The Morgan fingerprint density at radius 1 is 1.00 bits per heavy atom. The van der Waals surface area contributed by atoms with E-state index in [1.54, 1.807) is 10.9 Å². The lowest BCUT2D eigenvalue weighted by Gasteiger charge is -2.35. The zero-order valence-electron chi connectivity index (χ0n) is 12.9. The largest absolute Gasteiger partial charge is 0.352 e. The van der Waals surface area contributed by atoms with Gasteiger partial charge in [0, 0.05) is 38.6 Å². The average Bonchev–Trinajstić information content (AvgIpc) is 3.35. The van der Waals surface area contributed by atoms with Crippen LogP contribution in [0.2, 0.25) is 0 Å². The summed E-state index contributed by atoms with van der Waals surface area (Å²) in [6.07, 6.45) is 3.54. The summed E-state index contributed by atoms with van der Waals surface area (Å²) >= 11 is 1.49. The molecule has 0 unspecified atom stereocenters. The molecule has 4 rings (SSSR count). The van der Waals surface area contributed by atoms with Crippen LogP contribution in [0.25, 0.3) is 5.82 Å². The minimum absolute atomic E-state index is 0.116. The van der Waals surface area contributed by atoms with Crippen molar-refractivity contribution in [1.82, 2.24) is 24.9 Å². The maximum atomic E-state index is 12.4. The molecule has 1 aliphatic rings. The van der Waals surface area contributed by atoms with Gasteiger partial charge in [0.05, 0.1) is 4.88 Å². The molecule has 3 aromatic heterocycles. The summed E-state index contributed by atoms with van der Waals surface area (Å²) in [5.74, 6) is 1.63. The second kappa shape index (κ2) is 6.40. The smallest absolute Gasteiger partial charge is 0.264 e.